The highest BCUT2D eigenvalue weighted by Gasteiger charge is 2.22. The largest absolute Gasteiger partial charge is 0.380 e. The third-order valence-electron chi connectivity index (χ3n) is 2.99. The third-order valence-corrected chi connectivity index (χ3v) is 3.31. The van der Waals surface area contributed by atoms with Crippen LogP contribution >= 0.6 is 11.6 Å². The smallest absolute Gasteiger partial charge is 0.180 e. The van der Waals surface area contributed by atoms with Gasteiger partial charge in [-0.25, -0.2) is 4.39 Å². The lowest BCUT2D eigenvalue weighted by Crippen LogP contribution is -1.90. The number of aryl methyl sites for hydroxylation is 1. The Morgan fingerprint density at radius 1 is 1.35 bits per heavy atom. The van der Waals surface area contributed by atoms with E-state index in [-0.39, 0.29) is 10.8 Å². The fourth-order valence-corrected chi connectivity index (χ4v) is 2.28. The molecule has 3 N–H and O–H groups in total. The Morgan fingerprint density at radius 2 is 2.15 bits per heavy atom. The van der Waals surface area contributed by atoms with Crippen LogP contribution in [0.4, 0.5) is 10.2 Å². The predicted molar refractivity (Wildman–Crippen MR) is 73.6 cm³/mol. The summed E-state index contributed by atoms with van der Waals surface area (Å²) in [7, 11) is 0. The lowest BCUT2D eigenvalue weighted by atomic mass is 10.0. The van der Waals surface area contributed by atoms with Gasteiger partial charge in [-0.2, -0.15) is 5.10 Å². The van der Waals surface area contributed by atoms with Crippen molar-refractivity contribution < 1.29 is 8.91 Å². The zero-order valence-corrected chi connectivity index (χ0v) is 11.2. The molecule has 1 aromatic carbocycles. The Kier molecular flexibility index (Phi) is 2.94. The normalized spacial score (nSPS) is 10.9. The minimum absolute atomic E-state index is 0.189. The lowest BCUT2D eigenvalue weighted by molar-refractivity contribution is 0.436. The average Bonchev–Trinajstić information content (AvgIpc) is 2.96. The van der Waals surface area contributed by atoms with Gasteiger partial charge in [-0.05, 0) is 25.1 Å². The number of rotatable bonds is 2. The first-order valence-electron chi connectivity index (χ1n) is 5.79. The monoisotopic (exact) mass is 292 g/mol. The van der Waals surface area contributed by atoms with Crippen LogP contribution in [0.15, 0.2) is 28.9 Å². The van der Waals surface area contributed by atoms with Crippen molar-refractivity contribution in [2.24, 2.45) is 0 Å². The van der Waals surface area contributed by atoms with Gasteiger partial charge in [0.25, 0.3) is 0 Å². The minimum Gasteiger partial charge on any atom is -0.380 e. The maximum atomic E-state index is 13.2. The van der Waals surface area contributed by atoms with Crippen molar-refractivity contribution in [1.82, 2.24) is 15.4 Å². The van der Waals surface area contributed by atoms with Crippen molar-refractivity contribution in [1.29, 1.82) is 0 Å². The number of benzene rings is 1. The molecule has 0 unspecified atom stereocenters. The molecule has 5 nitrogen and oxygen atoms in total. The molecular formula is C13H10ClFN4O. The maximum absolute atomic E-state index is 13.2. The van der Waals surface area contributed by atoms with E-state index in [1.807, 2.05) is 6.92 Å². The van der Waals surface area contributed by atoms with Gasteiger partial charge in [0.2, 0.25) is 0 Å². The Hall–Kier alpha value is -2.34. The van der Waals surface area contributed by atoms with E-state index in [0.29, 0.717) is 16.9 Å². The number of nitrogens with two attached hydrogens (primary N) is 1. The molecule has 0 fully saturated rings. The van der Waals surface area contributed by atoms with Crippen LogP contribution < -0.4 is 5.73 Å². The summed E-state index contributed by atoms with van der Waals surface area (Å²) in [5, 5.41) is 10.7. The van der Waals surface area contributed by atoms with Gasteiger partial charge in [-0.3, -0.25) is 5.10 Å². The van der Waals surface area contributed by atoms with Crippen LogP contribution in [0.2, 0.25) is 5.02 Å². The van der Waals surface area contributed by atoms with E-state index in [0.717, 1.165) is 11.3 Å². The Bertz CT molecular complexity index is 781. The first-order chi connectivity index (χ1) is 9.58. The number of nitrogen functional groups attached to an aromatic ring is 1. The standard InChI is InChI=1S/C13H10ClFN4O/c1-6-9(5-17-18-6)12-11(13(16)19-20-12)8-3-2-7(15)4-10(8)14/h2-5H,1H3,(H2,16,19)(H,17,18). The average molecular weight is 293 g/mol. The second-order valence-corrected chi connectivity index (χ2v) is 4.71. The van der Waals surface area contributed by atoms with Crippen molar-refractivity contribution in [2.75, 3.05) is 5.73 Å². The molecule has 0 aliphatic carbocycles. The SMILES string of the molecule is Cc1[nH]ncc1-c1onc(N)c1-c1ccc(F)cc1Cl. The molecule has 0 amide bonds. The molecule has 0 spiro atoms. The summed E-state index contributed by atoms with van der Waals surface area (Å²) in [4.78, 5) is 0. The summed E-state index contributed by atoms with van der Waals surface area (Å²) in [6.07, 6.45) is 1.61. The zero-order valence-electron chi connectivity index (χ0n) is 10.4. The molecule has 3 aromatic rings. The number of H-pyrrole nitrogens is 1. The molecule has 7 heteroatoms. The summed E-state index contributed by atoms with van der Waals surface area (Å²) in [6.45, 7) is 1.84. The Morgan fingerprint density at radius 3 is 2.80 bits per heavy atom. The second-order valence-electron chi connectivity index (χ2n) is 4.30. The van der Waals surface area contributed by atoms with Gasteiger partial charge in [-0.15, -0.1) is 0 Å². The molecule has 0 radical (unpaired) electrons. The molecule has 102 valence electrons. The van der Waals surface area contributed by atoms with Crippen LogP contribution in [0.25, 0.3) is 22.5 Å². The van der Waals surface area contributed by atoms with Crippen molar-refractivity contribution >= 4 is 17.4 Å². The van der Waals surface area contributed by atoms with E-state index in [9.17, 15) is 4.39 Å². The fourth-order valence-electron chi connectivity index (χ4n) is 2.02. The third kappa shape index (κ3) is 1.94. The van der Waals surface area contributed by atoms with E-state index in [1.54, 1.807) is 12.3 Å². The van der Waals surface area contributed by atoms with Gasteiger partial charge in [0.1, 0.15) is 5.82 Å². The quantitative estimate of drug-likeness (QED) is 0.758. The van der Waals surface area contributed by atoms with Crippen molar-refractivity contribution in [2.45, 2.75) is 6.92 Å². The summed E-state index contributed by atoms with van der Waals surface area (Å²) in [6, 6.07) is 4.06. The number of nitrogens with one attached hydrogen (secondary N) is 1. The van der Waals surface area contributed by atoms with Gasteiger partial charge in [0.15, 0.2) is 11.6 Å². The number of hydrogen-bond donors (Lipinski definition) is 2. The molecule has 2 heterocycles. The molecule has 0 saturated carbocycles. The van der Waals surface area contributed by atoms with E-state index >= 15 is 0 Å². The number of aromatic nitrogens is 3. The summed E-state index contributed by atoms with van der Waals surface area (Å²) in [5.74, 6) is 0.214. The first kappa shape index (κ1) is 12.7. The van der Waals surface area contributed by atoms with Crippen molar-refractivity contribution in [3.63, 3.8) is 0 Å². The number of nitrogens with zero attached hydrogens (tertiary/aromatic N) is 2. The Labute approximate surface area is 118 Å². The maximum Gasteiger partial charge on any atom is 0.180 e. The van der Waals surface area contributed by atoms with Crippen LogP contribution in [0.1, 0.15) is 5.69 Å². The van der Waals surface area contributed by atoms with E-state index < -0.39 is 5.82 Å². The molecule has 0 atom stereocenters. The van der Waals surface area contributed by atoms with E-state index in [4.69, 9.17) is 21.9 Å². The number of aromatic amines is 1. The van der Waals surface area contributed by atoms with Gasteiger partial charge in [-0.1, -0.05) is 16.8 Å². The molecule has 0 saturated heterocycles. The molecule has 0 bridgehead atoms. The van der Waals surface area contributed by atoms with E-state index in [2.05, 4.69) is 15.4 Å². The van der Waals surface area contributed by atoms with Crippen LogP contribution in [0, 0.1) is 12.7 Å². The minimum atomic E-state index is -0.421. The molecular weight excluding hydrogens is 283 g/mol. The summed E-state index contributed by atoms with van der Waals surface area (Å²) < 4.78 is 18.4. The summed E-state index contributed by atoms with van der Waals surface area (Å²) >= 11 is 6.08. The van der Waals surface area contributed by atoms with Gasteiger partial charge >= 0.3 is 0 Å². The second kappa shape index (κ2) is 4.64. The molecule has 0 aliphatic rings. The molecule has 3 rings (SSSR count). The zero-order chi connectivity index (χ0) is 14.3. The molecule has 0 aliphatic heterocycles. The highest BCUT2D eigenvalue weighted by Crippen LogP contribution is 2.40. The topological polar surface area (TPSA) is 80.7 Å². The number of hydrogen-bond acceptors (Lipinski definition) is 4. The highest BCUT2D eigenvalue weighted by molar-refractivity contribution is 6.33. The molecule has 2 aromatic heterocycles. The van der Waals surface area contributed by atoms with Crippen LogP contribution in [0.3, 0.4) is 0 Å². The molecule has 20 heavy (non-hydrogen) atoms. The fraction of sp³-hybridized carbons (Fsp3) is 0.0769. The van der Waals surface area contributed by atoms with Crippen LogP contribution in [0.5, 0.6) is 0 Å². The van der Waals surface area contributed by atoms with Crippen LogP contribution in [-0.2, 0) is 0 Å². The highest BCUT2D eigenvalue weighted by atomic mass is 35.5. The predicted octanol–water partition coefficient (Wildman–Crippen LogP) is 3.41. The first-order valence-corrected chi connectivity index (χ1v) is 6.16. The van der Waals surface area contributed by atoms with Gasteiger partial charge in [0, 0.05) is 11.3 Å². The Balaban J connectivity index is 2.24. The number of anilines is 1. The van der Waals surface area contributed by atoms with Crippen molar-refractivity contribution in [3.8, 4) is 22.5 Å². The summed E-state index contributed by atoms with van der Waals surface area (Å²) in [5.41, 5.74) is 8.47. The van der Waals surface area contributed by atoms with Gasteiger partial charge in [0.05, 0.1) is 22.3 Å². The lowest BCUT2D eigenvalue weighted by Gasteiger charge is -2.04. The van der Waals surface area contributed by atoms with Crippen LogP contribution in [-0.4, -0.2) is 15.4 Å². The van der Waals surface area contributed by atoms with Crippen molar-refractivity contribution in [3.05, 3.63) is 40.9 Å². The van der Waals surface area contributed by atoms with Gasteiger partial charge < -0.3 is 10.3 Å². The van der Waals surface area contributed by atoms with E-state index in [1.165, 1.54) is 12.1 Å². The number of halogens is 2.